The Labute approximate surface area is 356 Å². The van der Waals surface area contributed by atoms with E-state index in [1.165, 1.54) is 10.3 Å². The molecule has 0 aliphatic rings. The second kappa shape index (κ2) is 15.6. The Hall–Kier alpha value is -8.00. The fourth-order valence-corrected chi connectivity index (χ4v) is 9.25. The standard InChI is InChI=1S/C54H34N6S/c1-3-11-35(12-4-1)36-21-27-41(28-22-36)53-58-52(40-13-5-2-6-14-40)59-54(60-53)42-29-23-38(24-30-42)37-19-25-39(26-20-37)49-48-47(43-15-9-31-55-33-43)50(44-16-10-32-56-34-44)61-51(48)45-17-7-8-18-46(45)57-49/h1-34H. The molecule has 0 spiro atoms. The smallest absolute Gasteiger partial charge is 0.164 e. The summed E-state index contributed by atoms with van der Waals surface area (Å²) in [4.78, 5) is 30.4. The molecule has 0 saturated heterocycles. The number of rotatable bonds is 8. The molecule has 0 bridgehead atoms. The number of nitrogens with zero attached hydrogens (tertiary/aromatic N) is 6. The van der Waals surface area contributed by atoms with Crippen LogP contribution in [0.1, 0.15) is 0 Å². The van der Waals surface area contributed by atoms with Crippen molar-refractivity contribution in [3.63, 3.8) is 0 Å². The number of hydrogen-bond acceptors (Lipinski definition) is 7. The van der Waals surface area contributed by atoms with Crippen molar-refractivity contribution in [2.75, 3.05) is 0 Å². The van der Waals surface area contributed by atoms with E-state index in [-0.39, 0.29) is 0 Å². The molecule has 0 aliphatic heterocycles. The fraction of sp³-hybridized carbons (Fsp3) is 0. The van der Waals surface area contributed by atoms with Crippen molar-refractivity contribution in [2.24, 2.45) is 0 Å². The number of fused-ring (bicyclic) bond motifs is 3. The van der Waals surface area contributed by atoms with E-state index in [9.17, 15) is 0 Å². The lowest BCUT2D eigenvalue weighted by molar-refractivity contribution is 1.07. The van der Waals surface area contributed by atoms with Crippen LogP contribution < -0.4 is 0 Å². The van der Waals surface area contributed by atoms with E-state index in [1.54, 1.807) is 11.3 Å². The van der Waals surface area contributed by atoms with Crippen LogP contribution in [0.5, 0.6) is 0 Å². The maximum absolute atomic E-state index is 5.34. The van der Waals surface area contributed by atoms with Gasteiger partial charge in [0.25, 0.3) is 0 Å². The highest BCUT2D eigenvalue weighted by Gasteiger charge is 2.23. The fourth-order valence-electron chi connectivity index (χ4n) is 7.91. The Morgan fingerprint density at radius 3 is 1.30 bits per heavy atom. The third kappa shape index (κ3) is 6.93. The van der Waals surface area contributed by atoms with Gasteiger partial charge in [-0.15, -0.1) is 11.3 Å². The molecule has 286 valence electrons. The van der Waals surface area contributed by atoms with E-state index in [4.69, 9.17) is 19.9 Å². The molecule has 0 amide bonds. The minimum Gasteiger partial charge on any atom is -0.264 e. The summed E-state index contributed by atoms with van der Waals surface area (Å²) in [7, 11) is 0. The van der Waals surface area contributed by atoms with Crippen molar-refractivity contribution in [1.29, 1.82) is 0 Å². The molecule has 5 heterocycles. The molecule has 0 radical (unpaired) electrons. The summed E-state index contributed by atoms with van der Waals surface area (Å²) < 4.78 is 1.19. The van der Waals surface area contributed by atoms with Gasteiger partial charge in [-0.05, 0) is 40.5 Å². The molecule has 0 saturated carbocycles. The molecule has 6 aromatic carbocycles. The molecule has 5 aromatic heterocycles. The van der Waals surface area contributed by atoms with Crippen LogP contribution in [0.2, 0.25) is 0 Å². The summed E-state index contributed by atoms with van der Waals surface area (Å²) in [5.74, 6) is 1.88. The third-order valence-corrected chi connectivity index (χ3v) is 12.2. The van der Waals surface area contributed by atoms with E-state index in [2.05, 4.69) is 143 Å². The molecule has 0 N–H and O–H groups in total. The van der Waals surface area contributed by atoms with Crippen molar-refractivity contribution < 1.29 is 0 Å². The van der Waals surface area contributed by atoms with Crippen molar-refractivity contribution in [2.45, 2.75) is 0 Å². The molecule has 0 atom stereocenters. The number of thiophene rings is 1. The van der Waals surface area contributed by atoms with Gasteiger partial charge in [-0.25, -0.2) is 19.9 Å². The maximum atomic E-state index is 5.34. The van der Waals surface area contributed by atoms with Crippen LogP contribution in [-0.4, -0.2) is 29.9 Å². The molecular weight excluding hydrogens is 765 g/mol. The van der Waals surface area contributed by atoms with Crippen molar-refractivity contribution in [3.05, 3.63) is 207 Å². The first-order valence-corrected chi connectivity index (χ1v) is 20.9. The summed E-state index contributed by atoms with van der Waals surface area (Å²) in [5.41, 5.74) is 13.5. The largest absolute Gasteiger partial charge is 0.264 e. The van der Waals surface area contributed by atoms with E-state index in [0.717, 1.165) is 82.5 Å². The van der Waals surface area contributed by atoms with Gasteiger partial charge in [0, 0.05) is 84.1 Å². The normalized spacial score (nSPS) is 11.3. The van der Waals surface area contributed by atoms with Crippen LogP contribution in [0.3, 0.4) is 0 Å². The number of para-hydroxylation sites is 1. The van der Waals surface area contributed by atoms with Gasteiger partial charge in [-0.2, -0.15) is 0 Å². The van der Waals surface area contributed by atoms with Crippen molar-refractivity contribution in [1.82, 2.24) is 29.9 Å². The first kappa shape index (κ1) is 36.1. The molecule has 0 aliphatic carbocycles. The molecule has 61 heavy (non-hydrogen) atoms. The molecule has 11 aromatic rings. The lowest BCUT2D eigenvalue weighted by atomic mass is 9.95. The van der Waals surface area contributed by atoms with Gasteiger partial charge >= 0.3 is 0 Å². The van der Waals surface area contributed by atoms with Crippen LogP contribution >= 0.6 is 11.3 Å². The van der Waals surface area contributed by atoms with Gasteiger partial charge in [0.2, 0.25) is 0 Å². The molecule has 6 nitrogen and oxygen atoms in total. The summed E-state index contributed by atoms with van der Waals surface area (Å²) in [5, 5.41) is 2.25. The van der Waals surface area contributed by atoms with Crippen molar-refractivity contribution >= 4 is 32.3 Å². The van der Waals surface area contributed by atoms with E-state index in [0.29, 0.717) is 17.5 Å². The van der Waals surface area contributed by atoms with Gasteiger partial charge < -0.3 is 0 Å². The number of hydrogen-bond donors (Lipinski definition) is 0. The van der Waals surface area contributed by atoms with E-state index in [1.807, 2.05) is 73.3 Å². The van der Waals surface area contributed by atoms with Crippen LogP contribution in [0.25, 0.3) is 110 Å². The number of aromatic nitrogens is 6. The minimum absolute atomic E-state index is 0.620. The Bertz CT molecular complexity index is 3300. The second-order valence-corrected chi connectivity index (χ2v) is 15.8. The van der Waals surface area contributed by atoms with Crippen molar-refractivity contribution in [3.8, 4) is 89.2 Å². The number of pyridine rings is 3. The van der Waals surface area contributed by atoms with E-state index >= 15 is 0 Å². The molecule has 0 fully saturated rings. The zero-order valence-corrected chi connectivity index (χ0v) is 33.5. The third-order valence-electron chi connectivity index (χ3n) is 11.0. The lowest BCUT2D eigenvalue weighted by Crippen LogP contribution is -2.00. The maximum Gasteiger partial charge on any atom is 0.164 e. The van der Waals surface area contributed by atoms with Gasteiger partial charge in [0.1, 0.15) is 0 Å². The minimum atomic E-state index is 0.620. The van der Waals surface area contributed by atoms with Crippen LogP contribution in [-0.2, 0) is 0 Å². The average molecular weight is 799 g/mol. The molecule has 7 heteroatoms. The highest BCUT2D eigenvalue weighted by atomic mass is 32.1. The molecule has 0 unspecified atom stereocenters. The van der Waals surface area contributed by atoms with E-state index < -0.39 is 0 Å². The average Bonchev–Trinajstić information content (AvgIpc) is 3.76. The highest BCUT2D eigenvalue weighted by Crippen LogP contribution is 2.49. The summed E-state index contributed by atoms with van der Waals surface area (Å²) in [6, 6.07) is 62.7. The zero-order chi connectivity index (χ0) is 40.5. The van der Waals surface area contributed by atoms with Crippen LogP contribution in [0, 0.1) is 0 Å². The summed E-state index contributed by atoms with van der Waals surface area (Å²) >= 11 is 1.79. The Morgan fingerprint density at radius 1 is 0.328 bits per heavy atom. The van der Waals surface area contributed by atoms with Crippen LogP contribution in [0.4, 0.5) is 0 Å². The predicted octanol–water partition coefficient (Wildman–Crippen LogP) is 13.8. The first-order valence-electron chi connectivity index (χ1n) is 20.1. The molecule has 11 rings (SSSR count). The Kier molecular flexibility index (Phi) is 9.26. The number of benzene rings is 6. The highest BCUT2D eigenvalue weighted by molar-refractivity contribution is 7.24. The SMILES string of the molecule is c1ccc(-c2ccc(-c3nc(-c4ccccc4)nc(-c4ccc(-c5ccc(-c6nc7ccccc7c7sc(-c8cccnc8)c(-c8cccnc8)c67)cc5)cc4)n3)cc2)cc1. The monoisotopic (exact) mass is 798 g/mol. The Morgan fingerprint density at radius 2 is 0.754 bits per heavy atom. The predicted molar refractivity (Wildman–Crippen MR) is 250 cm³/mol. The zero-order valence-electron chi connectivity index (χ0n) is 32.7. The van der Waals surface area contributed by atoms with Gasteiger partial charge in [0.15, 0.2) is 17.5 Å². The quantitative estimate of drug-likeness (QED) is 0.152. The second-order valence-electron chi connectivity index (χ2n) is 14.7. The van der Waals surface area contributed by atoms with Gasteiger partial charge in [-0.3, -0.25) is 9.97 Å². The first-order chi connectivity index (χ1) is 30.2. The van der Waals surface area contributed by atoms with Crippen LogP contribution in [0.15, 0.2) is 207 Å². The summed E-state index contributed by atoms with van der Waals surface area (Å²) in [6.07, 6.45) is 7.51. The summed E-state index contributed by atoms with van der Waals surface area (Å²) in [6.45, 7) is 0. The van der Waals surface area contributed by atoms with Gasteiger partial charge in [0.05, 0.1) is 11.2 Å². The Balaban J connectivity index is 0.963. The van der Waals surface area contributed by atoms with Gasteiger partial charge in [-0.1, -0.05) is 164 Å². The topological polar surface area (TPSA) is 77.3 Å². The lowest BCUT2D eigenvalue weighted by Gasteiger charge is -2.11. The molecular formula is C54H34N6S.